The van der Waals surface area contributed by atoms with Crippen LogP contribution in [0.1, 0.15) is 10.4 Å². The van der Waals surface area contributed by atoms with Crippen molar-refractivity contribution in [2.75, 3.05) is 11.9 Å². The van der Waals surface area contributed by atoms with Crippen LogP contribution in [0.25, 0.3) is 10.8 Å². The van der Waals surface area contributed by atoms with E-state index in [9.17, 15) is 9.90 Å². The Bertz CT molecular complexity index is 554. The molecular weight excluding hydrogens is 282 g/mol. The Morgan fingerprint density at radius 1 is 1.24 bits per heavy atom. The SMILES string of the molecule is O=C(NCCBr)c1ccc2ccccc2c1O. The van der Waals surface area contributed by atoms with E-state index in [0.717, 1.165) is 5.39 Å². The Morgan fingerprint density at radius 2 is 2.00 bits per heavy atom. The molecule has 4 heteroatoms. The number of nitrogens with one attached hydrogen (secondary N) is 1. The second-order valence-corrected chi connectivity index (χ2v) is 4.42. The zero-order valence-corrected chi connectivity index (χ0v) is 10.7. The summed E-state index contributed by atoms with van der Waals surface area (Å²) in [6.07, 6.45) is 0. The molecule has 17 heavy (non-hydrogen) atoms. The van der Waals surface area contributed by atoms with Gasteiger partial charge in [-0.15, -0.1) is 0 Å². The van der Waals surface area contributed by atoms with Crippen molar-refractivity contribution in [3.05, 3.63) is 42.0 Å². The smallest absolute Gasteiger partial charge is 0.255 e. The molecule has 0 spiro atoms. The first kappa shape index (κ1) is 11.9. The number of hydrogen-bond acceptors (Lipinski definition) is 2. The van der Waals surface area contributed by atoms with Gasteiger partial charge in [-0.25, -0.2) is 0 Å². The van der Waals surface area contributed by atoms with E-state index < -0.39 is 0 Å². The van der Waals surface area contributed by atoms with Crippen LogP contribution in [-0.4, -0.2) is 22.9 Å². The molecule has 0 bridgehead atoms. The van der Waals surface area contributed by atoms with Gasteiger partial charge in [0.25, 0.3) is 5.91 Å². The van der Waals surface area contributed by atoms with Crippen molar-refractivity contribution in [1.82, 2.24) is 5.32 Å². The molecule has 0 unspecified atom stereocenters. The summed E-state index contributed by atoms with van der Waals surface area (Å²) in [7, 11) is 0. The molecular formula is C13H12BrNO2. The van der Waals surface area contributed by atoms with Gasteiger partial charge in [-0.05, 0) is 11.5 Å². The first-order valence-electron chi connectivity index (χ1n) is 5.29. The molecule has 0 aliphatic heterocycles. The van der Waals surface area contributed by atoms with Gasteiger partial charge in [0.15, 0.2) is 0 Å². The van der Waals surface area contributed by atoms with E-state index in [2.05, 4.69) is 21.2 Å². The molecule has 0 aliphatic rings. The van der Waals surface area contributed by atoms with Crippen LogP contribution in [-0.2, 0) is 0 Å². The summed E-state index contributed by atoms with van der Waals surface area (Å²) in [5.74, 6) is -0.220. The lowest BCUT2D eigenvalue weighted by Gasteiger charge is -2.08. The molecule has 0 atom stereocenters. The van der Waals surface area contributed by atoms with Gasteiger partial charge in [0.2, 0.25) is 0 Å². The monoisotopic (exact) mass is 293 g/mol. The molecule has 88 valence electrons. The summed E-state index contributed by atoms with van der Waals surface area (Å²) in [5, 5.41) is 15.1. The van der Waals surface area contributed by atoms with Crippen LogP contribution >= 0.6 is 15.9 Å². The summed E-state index contributed by atoms with van der Waals surface area (Å²) in [6, 6.07) is 10.9. The summed E-state index contributed by atoms with van der Waals surface area (Å²) in [5.41, 5.74) is 0.310. The van der Waals surface area contributed by atoms with Crippen molar-refractivity contribution >= 4 is 32.6 Å². The minimum Gasteiger partial charge on any atom is -0.506 e. The van der Waals surface area contributed by atoms with Crippen LogP contribution in [0.2, 0.25) is 0 Å². The Labute approximate surface area is 108 Å². The summed E-state index contributed by atoms with van der Waals surface area (Å²) < 4.78 is 0. The topological polar surface area (TPSA) is 49.3 Å². The highest BCUT2D eigenvalue weighted by Gasteiger charge is 2.12. The Morgan fingerprint density at radius 3 is 2.76 bits per heavy atom. The highest BCUT2D eigenvalue weighted by atomic mass is 79.9. The van der Waals surface area contributed by atoms with Gasteiger partial charge in [-0.2, -0.15) is 0 Å². The normalized spacial score (nSPS) is 10.4. The summed E-state index contributed by atoms with van der Waals surface area (Å²) >= 11 is 3.23. The molecule has 0 radical (unpaired) electrons. The lowest BCUT2D eigenvalue weighted by atomic mass is 10.0. The first-order valence-corrected chi connectivity index (χ1v) is 6.41. The van der Waals surface area contributed by atoms with Gasteiger partial charge in [-0.1, -0.05) is 46.3 Å². The number of phenolic OH excluding ortho intramolecular Hbond substituents is 1. The molecule has 2 rings (SSSR count). The molecule has 0 fully saturated rings. The highest BCUT2D eigenvalue weighted by molar-refractivity contribution is 9.09. The maximum Gasteiger partial charge on any atom is 0.255 e. The van der Waals surface area contributed by atoms with Gasteiger partial charge >= 0.3 is 0 Å². The lowest BCUT2D eigenvalue weighted by Crippen LogP contribution is -2.25. The molecule has 0 aliphatic carbocycles. The van der Waals surface area contributed by atoms with Gasteiger partial charge in [-0.3, -0.25) is 4.79 Å². The number of hydrogen-bond donors (Lipinski definition) is 2. The van der Waals surface area contributed by atoms with E-state index in [1.54, 1.807) is 12.1 Å². The molecule has 1 amide bonds. The maximum atomic E-state index is 11.8. The van der Waals surface area contributed by atoms with E-state index in [1.165, 1.54) is 0 Å². The van der Waals surface area contributed by atoms with Gasteiger partial charge in [0.05, 0.1) is 5.56 Å². The number of rotatable bonds is 3. The van der Waals surface area contributed by atoms with E-state index in [4.69, 9.17) is 0 Å². The molecule has 3 nitrogen and oxygen atoms in total. The highest BCUT2D eigenvalue weighted by Crippen LogP contribution is 2.28. The van der Waals surface area contributed by atoms with Crippen molar-refractivity contribution in [3.63, 3.8) is 0 Å². The quantitative estimate of drug-likeness (QED) is 0.855. The minimum atomic E-state index is -0.257. The summed E-state index contributed by atoms with van der Waals surface area (Å²) in [4.78, 5) is 11.8. The van der Waals surface area contributed by atoms with Crippen molar-refractivity contribution in [2.45, 2.75) is 0 Å². The number of phenols is 1. The lowest BCUT2D eigenvalue weighted by molar-refractivity contribution is 0.0954. The second kappa shape index (κ2) is 5.19. The largest absolute Gasteiger partial charge is 0.506 e. The molecule has 2 aromatic rings. The number of carbonyl (C=O) groups excluding carboxylic acids is 1. The van der Waals surface area contributed by atoms with Crippen molar-refractivity contribution < 1.29 is 9.90 Å². The van der Waals surface area contributed by atoms with Crippen molar-refractivity contribution in [1.29, 1.82) is 0 Å². The fourth-order valence-corrected chi connectivity index (χ4v) is 1.89. The number of carbonyl (C=O) groups is 1. The third-order valence-electron chi connectivity index (χ3n) is 2.53. The number of halogens is 1. The van der Waals surface area contributed by atoms with Crippen LogP contribution in [0.3, 0.4) is 0 Å². The first-order chi connectivity index (χ1) is 8.24. The van der Waals surface area contributed by atoms with Gasteiger partial charge < -0.3 is 10.4 Å². The predicted octanol–water partition coefficient (Wildman–Crippen LogP) is 2.67. The number of benzene rings is 2. The average Bonchev–Trinajstić information content (AvgIpc) is 2.37. The van der Waals surface area contributed by atoms with Gasteiger partial charge in [0.1, 0.15) is 5.75 Å². The zero-order valence-electron chi connectivity index (χ0n) is 9.11. The van der Waals surface area contributed by atoms with E-state index in [0.29, 0.717) is 22.8 Å². The van der Waals surface area contributed by atoms with E-state index in [1.807, 2.05) is 24.3 Å². The van der Waals surface area contributed by atoms with Crippen LogP contribution in [0, 0.1) is 0 Å². The summed E-state index contributed by atoms with van der Waals surface area (Å²) in [6.45, 7) is 0.533. The second-order valence-electron chi connectivity index (χ2n) is 3.63. The fourth-order valence-electron chi connectivity index (χ4n) is 1.69. The van der Waals surface area contributed by atoms with Crippen LogP contribution in [0.15, 0.2) is 36.4 Å². The number of fused-ring (bicyclic) bond motifs is 1. The fraction of sp³-hybridized carbons (Fsp3) is 0.154. The van der Waals surface area contributed by atoms with Crippen LogP contribution < -0.4 is 5.32 Å². The number of amides is 1. The van der Waals surface area contributed by atoms with Crippen LogP contribution in [0.4, 0.5) is 0 Å². The molecule has 0 heterocycles. The Balaban J connectivity index is 2.42. The molecule has 2 aromatic carbocycles. The molecule has 2 N–H and O–H groups in total. The Hall–Kier alpha value is -1.55. The standard InChI is InChI=1S/C13H12BrNO2/c14-7-8-15-13(17)11-6-5-9-3-1-2-4-10(9)12(11)16/h1-6,16H,7-8H2,(H,15,17). The van der Waals surface area contributed by atoms with Gasteiger partial charge in [0, 0.05) is 17.3 Å². The van der Waals surface area contributed by atoms with Crippen molar-refractivity contribution in [3.8, 4) is 5.75 Å². The van der Waals surface area contributed by atoms with E-state index in [-0.39, 0.29) is 11.7 Å². The average molecular weight is 294 g/mol. The Kier molecular flexibility index (Phi) is 3.64. The molecule has 0 saturated carbocycles. The predicted molar refractivity (Wildman–Crippen MR) is 71.7 cm³/mol. The maximum absolute atomic E-state index is 11.8. The molecule has 0 saturated heterocycles. The van der Waals surface area contributed by atoms with Crippen LogP contribution in [0.5, 0.6) is 5.75 Å². The van der Waals surface area contributed by atoms with Crippen molar-refractivity contribution in [2.24, 2.45) is 0 Å². The van der Waals surface area contributed by atoms with E-state index >= 15 is 0 Å². The third kappa shape index (κ3) is 2.42. The number of alkyl halides is 1. The zero-order chi connectivity index (χ0) is 12.3. The molecule has 0 aromatic heterocycles. The minimum absolute atomic E-state index is 0.0372. The number of aromatic hydroxyl groups is 1. The third-order valence-corrected chi connectivity index (χ3v) is 2.92.